The van der Waals surface area contributed by atoms with Crippen LogP contribution in [-0.2, 0) is 6.42 Å². The summed E-state index contributed by atoms with van der Waals surface area (Å²) in [6, 6.07) is 8.38. The highest BCUT2D eigenvalue weighted by Gasteiger charge is 2.14. The number of hydrogen-bond acceptors (Lipinski definition) is 0. The van der Waals surface area contributed by atoms with Crippen molar-refractivity contribution in [1.82, 2.24) is 0 Å². The van der Waals surface area contributed by atoms with Gasteiger partial charge in [0.15, 0.2) is 0 Å². The molecule has 1 atom stereocenters. The van der Waals surface area contributed by atoms with E-state index in [0.29, 0.717) is 0 Å². The average Bonchev–Trinajstić information content (AvgIpc) is 2.53. The van der Waals surface area contributed by atoms with Gasteiger partial charge >= 0.3 is 0 Å². The second kappa shape index (κ2) is 9.51. The Morgan fingerprint density at radius 1 is 1.05 bits per heavy atom. The summed E-state index contributed by atoms with van der Waals surface area (Å²) >= 11 is 5.94. The molecular weight excluding hydrogens is 276 g/mol. The molecule has 21 heavy (non-hydrogen) atoms. The van der Waals surface area contributed by atoms with Gasteiger partial charge in [0.2, 0.25) is 0 Å². The number of aryl methyl sites for hydroxylation is 1. The van der Waals surface area contributed by atoms with E-state index in [1.54, 1.807) is 0 Å². The summed E-state index contributed by atoms with van der Waals surface area (Å²) in [6.45, 7) is 2.35. The Morgan fingerprint density at radius 2 is 1.76 bits per heavy atom. The standard InChI is InChI=1S/C20H31Cl/c1-2-17(9-6-10-18-7-4-3-5-8-18)11-12-19-13-15-20(21)16-14-19/h13-18H,2-12H2,1H3. The Morgan fingerprint density at radius 3 is 2.43 bits per heavy atom. The predicted octanol–water partition coefficient (Wildman–Crippen LogP) is 7.05. The van der Waals surface area contributed by atoms with Crippen LogP contribution >= 0.6 is 11.6 Å². The van der Waals surface area contributed by atoms with Gasteiger partial charge in [0.1, 0.15) is 0 Å². The quantitative estimate of drug-likeness (QED) is 0.482. The maximum absolute atomic E-state index is 5.94. The normalized spacial score (nSPS) is 17.8. The van der Waals surface area contributed by atoms with E-state index in [1.807, 2.05) is 12.1 Å². The zero-order valence-electron chi connectivity index (χ0n) is 13.6. The fourth-order valence-electron chi connectivity index (χ4n) is 3.75. The molecule has 1 heteroatoms. The molecule has 1 aliphatic rings. The van der Waals surface area contributed by atoms with Crippen molar-refractivity contribution >= 4 is 11.6 Å². The van der Waals surface area contributed by atoms with Crippen LogP contribution in [-0.4, -0.2) is 0 Å². The van der Waals surface area contributed by atoms with E-state index in [4.69, 9.17) is 11.6 Å². The Balaban J connectivity index is 1.64. The summed E-state index contributed by atoms with van der Waals surface area (Å²) < 4.78 is 0. The van der Waals surface area contributed by atoms with E-state index in [0.717, 1.165) is 16.9 Å². The Hall–Kier alpha value is -0.490. The van der Waals surface area contributed by atoms with Crippen LogP contribution < -0.4 is 0 Å². The van der Waals surface area contributed by atoms with Crippen molar-refractivity contribution in [3.63, 3.8) is 0 Å². The van der Waals surface area contributed by atoms with Gasteiger partial charge < -0.3 is 0 Å². The van der Waals surface area contributed by atoms with Crippen molar-refractivity contribution in [3.8, 4) is 0 Å². The third-order valence-corrected chi connectivity index (χ3v) is 5.53. The van der Waals surface area contributed by atoms with E-state index in [-0.39, 0.29) is 0 Å². The molecule has 0 aromatic heterocycles. The van der Waals surface area contributed by atoms with Crippen molar-refractivity contribution in [2.45, 2.75) is 77.6 Å². The van der Waals surface area contributed by atoms with Crippen LogP contribution in [0.3, 0.4) is 0 Å². The second-order valence-electron chi connectivity index (χ2n) is 6.87. The maximum Gasteiger partial charge on any atom is 0.0406 e. The molecular formula is C20H31Cl. The number of rotatable bonds is 8. The molecule has 0 spiro atoms. The molecule has 0 bridgehead atoms. The first kappa shape index (κ1) is 16.9. The smallest absolute Gasteiger partial charge is 0.0406 e. The summed E-state index contributed by atoms with van der Waals surface area (Å²) in [5, 5.41) is 0.846. The van der Waals surface area contributed by atoms with E-state index in [9.17, 15) is 0 Å². The SMILES string of the molecule is CCC(CCCC1CCCCC1)CCc1ccc(Cl)cc1. The van der Waals surface area contributed by atoms with Crippen molar-refractivity contribution in [3.05, 3.63) is 34.9 Å². The largest absolute Gasteiger partial charge is 0.0843 e. The lowest BCUT2D eigenvalue weighted by molar-refractivity contribution is 0.313. The summed E-state index contributed by atoms with van der Waals surface area (Å²) in [5.74, 6) is 1.96. The van der Waals surface area contributed by atoms with Gasteiger partial charge in [-0.2, -0.15) is 0 Å². The molecule has 0 amide bonds. The van der Waals surface area contributed by atoms with Gasteiger partial charge in [-0.05, 0) is 42.4 Å². The summed E-state index contributed by atoms with van der Waals surface area (Å²) in [5.41, 5.74) is 1.44. The van der Waals surface area contributed by atoms with Crippen molar-refractivity contribution < 1.29 is 0 Å². The fraction of sp³-hybridized carbons (Fsp3) is 0.700. The van der Waals surface area contributed by atoms with Gasteiger partial charge in [-0.1, -0.05) is 88.4 Å². The van der Waals surface area contributed by atoms with E-state index < -0.39 is 0 Å². The Bertz CT molecular complexity index is 375. The molecule has 2 rings (SSSR count). The average molecular weight is 307 g/mol. The first-order chi connectivity index (χ1) is 10.3. The molecule has 0 nitrogen and oxygen atoms in total. The highest BCUT2D eigenvalue weighted by Crippen LogP contribution is 2.29. The van der Waals surface area contributed by atoms with Crippen molar-refractivity contribution in [2.75, 3.05) is 0 Å². The number of hydrogen-bond donors (Lipinski definition) is 0. The van der Waals surface area contributed by atoms with Crippen LogP contribution in [0.1, 0.15) is 76.7 Å². The molecule has 1 aromatic carbocycles. The monoisotopic (exact) mass is 306 g/mol. The molecule has 0 aliphatic heterocycles. The highest BCUT2D eigenvalue weighted by atomic mass is 35.5. The zero-order chi connectivity index (χ0) is 14.9. The lowest BCUT2D eigenvalue weighted by Gasteiger charge is -2.22. The van der Waals surface area contributed by atoms with Crippen LogP contribution in [0.4, 0.5) is 0 Å². The van der Waals surface area contributed by atoms with Crippen molar-refractivity contribution in [2.24, 2.45) is 11.8 Å². The topological polar surface area (TPSA) is 0 Å². The molecule has 0 saturated heterocycles. The van der Waals surface area contributed by atoms with Crippen molar-refractivity contribution in [1.29, 1.82) is 0 Å². The van der Waals surface area contributed by atoms with Gasteiger partial charge in [-0.25, -0.2) is 0 Å². The minimum Gasteiger partial charge on any atom is -0.0843 e. The minimum atomic E-state index is 0.846. The molecule has 0 heterocycles. The van der Waals surface area contributed by atoms with Crippen LogP contribution in [0.15, 0.2) is 24.3 Å². The third-order valence-electron chi connectivity index (χ3n) is 5.28. The van der Waals surface area contributed by atoms with Gasteiger partial charge in [-0.3, -0.25) is 0 Å². The highest BCUT2D eigenvalue weighted by molar-refractivity contribution is 6.30. The summed E-state index contributed by atoms with van der Waals surface area (Å²) in [6.07, 6.45) is 15.7. The van der Waals surface area contributed by atoms with Gasteiger partial charge in [0.25, 0.3) is 0 Å². The molecule has 0 radical (unpaired) electrons. The minimum absolute atomic E-state index is 0.846. The molecule has 118 valence electrons. The maximum atomic E-state index is 5.94. The molecule has 0 N–H and O–H groups in total. The first-order valence-corrected chi connectivity index (χ1v) is 9.40. The molecule has 1 fully saturated rings. The van der Waals surface area contributed by atoms with Gasteiger partial charge in [-0.15, -0.1) is 0 Å². The zero-order valence-corrected chi connectivity index (χ0v) is 14.4. The van der Waals surface area contributed by atoms with Gasteiger partial charge in [0.05, 0.1) is 0 Å². The summed E-state index contributed by atoms with van der Waals surface area (Å²) in [4.78, 5) is 0. The first-order valence-electron chi connectivity index (χ1n) is 9.02. The third kappa shape index (κ3) is 6.43. The predicted molar refractivity (Wildman–Crippen MR) is 94.0 cm³/mol. The van der Waals surface area contributed by atoms with Gasteiger partial charge in [0, 0.05) is 5.02 Å². The lowest BCUT2D eigenvalue weighted by atomic mass is 9.84. The number of halogens is 1. The molecule has 1 unspecified atom stereocenters. The molecule has 1 saturated carbocycles. The molecule has 1 aliphatic carbocycles. The lowest BCUT2D eigenvalue weighted by Crippen LogP contribution is -2.07. The van der Waals surface area contributed by atoms with Crippen LogP contribution in [0.5, 0.6) is 0 Å². The summed E-state index contributed by atoms with van der Waals surface area (Å²) in [7, 11) is 0. The van der Waals surface area contributed by atoms with Crippen LogP contribution in [0, 0.1) is 11.8 Å². The van der Waals surface area contributed by atoms with E-state index in [1.165, 1.54) is 76.2 Å². The van der Waals surface area contributed by atoms with E-state index in [2.05, 4.69) is 19.1 Å². The van der Waals surface area contributed by atoms with Crippen LogP contribution in [0.25, 0.3) is 0 Å². The Labute approximate surface area is 136 Å². The fourth-order valence-corrected chi connectivity index (χ4v) is 3.87. The Kier molecular flexibility index (Phi) is 7.64. The van der Waals surface area contributed by atoms with Crippen LogP contribution in [0.2, 0.25) is 5.02 Å². The number of benzene rings is 1. The molecule has 1 aromatic rings. The van der Waals surface area contributed by atoms with E-state index >= 15 is 0 Å². The second-order valence-corrected chi connectivity index (χ2v) is 7.31.